The predicted octanol–water partition coefficient (Wildman–Crippen LogP) is 7.58. The van der Waals surface area contributed by atoms with Crippen LogP contribution in [0, 0.1) is 23.7 Å². The van der Waals surface area contributed by atoms with Crippen molar-refractivity contribution in [3.05, 3.63) is 82.3 Å². The fourth-order valence-electron chi connectivity index (χ4n) is 9.48. The first-order valence-electron chi connectivity index (χ1n) is 23.6. The van der Waals surface area contributed by atoms with Crippen LogP contribution in [-0.4, -0.2) is 121 Å². The van der Waals surface area contributed by atoms with Crippen LogP contribution < -0.4 is 16.0 Å². The topological polar surface area (TPSA) is 145 Å². The fraction of sp³-hybridized carbons (Fsp3) is 0.627. The Bertz CT molecular complexity index is 1910. The van der Waals surface area contributed by atoms with Gasteiger partial charge in [0.1, 0.15) is 11.0 Å². The van der Waals surface area contributed by atoms with Gasteiger partial charge in [-0.1, -0.05) is 97.4 Å². The molecule has 2 aromatic carbocycles. The molecule has 1 aliphatic rings. The van der Waals surface area contributed by atoms with E-state index in [4.69, 9.17) is 9.47 Å². The molecule has 0 saturated carbocycles. The van der Waals surface area contributed by atoms with Crippen molar-refractivity contribution in [1.29, 1.82) is 0 Å². The first kappa shape index (κ1) is 53.2. The Balaban J connectivity index is 1.47. The molecule has 0 radical (unpaired) electrons. The van der Waals surface area contributed by atoms with Crippen LogP contribution in [-0.2, 0) is 41.6 Å². The highest BCUT2D eigenvalue weighted by Gasteiger charge is 2.43. The lowest BCUT2D eigenvalue weighted by Gasteiger charge is -2.41. The first-order valence-corrected chi connectivity index (χ1v) is 24.5. The van der Waals surface area contributed by atoms with Gasteiger partial charge in [-0.25, -0.2) is 4.98 Å². The molecular formula is C51H79N7O6S. The number of carbonyl (C=O) groups is 4. The number of carbonyl (C=O) groups excluding carboxylic acids is 4. The number of hydrogen-bond acceptors (Lipinski definition) is 10. The molecule has 4 amide bonds. The number of hydrogen-bond donors (Lipinski definition) is 3. The van der Waals surface area contributed by atoms with Gasteiger partial charge in [-0.15, -0.1) is 11.3 Å². The van der Waals surface area contributed by atoms with E-state index in [1.54, 1.807) is 32.4 Å². The van der Waals surface area contributed by atoms with Crippen molar-refractivity contribution in [2.75, 3.05) is 40.2 Å². The number of methoxy groups -OCH3 is 2. The van der Waals surface area contributed by atoms with Gasteiger partial charge in [0, 0.05) is 57.7 Å². The number of likely N-dealkylation sites (tertiary alicyclic amines) is 1. The second-order valence-electron chi connectivity index (χ2n) is 19.0. The monoisotopic (exact) mass is 918 g/mol. The molecule has 0 unspecified atom stereocenters. The summed E-state index contributed by atoms with van der Waals surface area (Å²) in [4.78, 5) is 67.5. The van der Waals surface area contributed by atoms with Crippen LogP contribution in [0.5, 0.6) is 0 Å². The van der Waals surface area contributed by atoms with Gasteiger partial charge >= 0.3 is 0 Å². The highest BCUT2D eigenvalue weighted by Crippen LogP contribution is 2.31. The lowest BCUT2D eigenvalue weighted by molar-refractivity contribution is -0.148. The minimum absolute atomic E-state index is 0.0242. The summed E-state index contributed by atoms with van der Waals surface area (Å²) in [7, 11) is 6.90. The van der Waals surface area contributed by atoms with Crippen molar-refractivity contribution < 1.29 is 28.7 Å². The zero-order chi connectivity index (χ0) is 48.0. The van der Waals surface area contributed by atoms with Gasteiger partial charge in [-0.3, -0.25) is 24.1 Å². The minimum atomic E-state index is -0.802. The number of thiazole rings is 1. The first-order chi connectivity index (χ1) is 30.9. The van der Waals surface area contributed by atoms with Gasteiger partial charge in [-0.05, 0) is 81.2 Å². The van der Waals surface area contributed by atoms with E-state index in [0.29, 0.717) is 32.0 Å². The molecule has 0 bridgehead atoms. The Hall–Kier alpha value is -4.37. The molecule has 0 spiro atoms. The molecule has 1 aromatic heterocycles. The maximum absolute atomic E-state index is 14.7. The van der Waals surface area contributed by atoms with E-state index in [1.807, 2.05) is 87.2 Å². The number of likely N-dealkylation sites (N-methyl/N-ethyl adjacent to an activating group) is 2. The third-order valence-corrected chi connectivity index (χ3v) is 13.9. The van der Waals surface area contributed by atoms with Gasteiger partial charge in [0.15, 0.2) is 0 Å². The number of benzene rings is 2. The van der Waals surface area contributed by atoms with E-state index in [9.17, 15) is 19.2 Å². The molecular weight excluding hydrogens is 839 g/mol. The smallest absolute Gasteiger partial charge is 0.245 e. The van der Waals surface area contributed by atoms with E-state index in [1.165, 1.54) is 11.3 Å². The van der Waals surface area contributed by atoms with Crippen LogP contribution in [0.15, 0.2) is 66.2 Å². The summed E-state index contributed by atoms with van der Waals surface area (Å²) >= 11 is 1.51. The van der Waals surface area contributed by atoms with Crippen molar-refractivity contribution >= 4 is 40.7 Å². The van der Waals surface area contributed by atoms with Crippen molar-refractivity contribution in [2.24, 2.45) is 23.7 Å². The highest BCUT2D eigenvalue weighted by atomic mass is 32.1. The molecule has 3 aromatic rings. The Morgan fingerprint density at radius 2 is 1.54 bits per heavy atom. The highest BCUT2D eigenvalue weighted by molar-refractivity contribution is 7.09. The normalized spacial score (nSPS) is 17.9. The zero-order valence-corrected chi connectivity index (χ0v) is 42.2. The molecule has 4 rings (SSSR count). The van der Waals surface area contributed by atoms with Crippen molar-refractivity contribution in [2.45, 2.75) is 149 Å². The van der Waals surface area contributed by atoms with Crippen LogP contribution in [0.1, 0.15) is 110 Å². The summed E-state index contributed by atoms with van der Waals surface area (Å²) in [5, 5.41) is 12.6. The van der Waals surface area contributed by atoms with Crippen LogP contribution in [0.4, 0.5) is 5.69 Å². The molecule has 0 aliphatic carbocycles. The SMILES string of the molecule is CC[C@H](C)[C@@H]([C@@H](CC(=O)N1CCC[C@H]1[C@H](OC)[C@@H](C)C(=O)N[C@@H](Cc1ccccc1)c1nccs1)OC)N(C)C(=O)[C@@H](NC(=O)[C@H](C(C)C)N(C)Cc1ccc(NC(C)C)cc1)C(C)C. The van der Waals surface area contributed by atoms with Gasteiger partial charge in [0.05, 0.1) is 48.7 Å². The van der Waals surface area contributed by atoms with E-state index in [-0.39, 0.29) is 59.9 Å². The van der Waals surface area contributed by atoms with Crippen LogP contribution >= 0.6 is 11.3 Å². The van der Waals surface area contributed by atoms with Gasteiger partial charge < -0.3 is 35.2 Å². The molecule has 2 heterocycles. The lowest BCUT2D eigenvalue weighted by Crippen LogP contribution is -2.60. The molecule has 1 saturated heterocycles. The number of amides is 4. The quantitative estimate of drug-likeness (QED) is 0.0784. The number of aromatic nitrogens is 1. The summed E-state index contributed by atoms with van der Waals surface area (Å²) in [5.74, 6) is -1.55. The van der Waals surface area contributed by atoms with E-state index in [0.717, 1.165) is 34.7 Å². The summed E-state index contributed by atoms with van der Waals surface area (Å²) in [6.07, 6.45) is 3.39. The second-order valence-corrected chi connectivity index (χ2v) is 20.0. The van der Waals surface area contributed by atoms with Crippen LogP contribution in [0.2, 0.25) is 0 Å². The Morgan fingerprint density at radius 3 is 2.09 bits per heavy atom. The maximum Gasteiger partial charge on any atom is 0.245 e. The molecule has 65 heavy (non-hydrogen) atoms. The summed E-state index contributed by atoms with van der Waals surface area (Å²) < 4.78 is 12.2. The largest absolute Gasteiger partial charge is 0.383 e. The summed E-state index contributed by atoms with van der Waals surface area (Å²) in [5.41, 5.74) is 3.22. The zero-order valence-electron chi connectivity index (χ0n) is 41.4. The van der Waals surface area contributed by atoms with E-state index >= 15 is 0 Å². The Morgan fingerprint density at radius 1 is 0.862 bits per heavy atom. The van der Waals surface area contributed by atoms with Crippen molar-refractivity contribution in [1.82, 2.24) is 30.3 Å². The van der Waals surface area contributed by atoms with Crippen LogP contribution in [0.3, 0.4) is 0 Å². The minimum Gasteiger partial charge on any atom is -0.383 e. The predicted molar refractivity (Wildman–Crippen MR) is 261 cm³/mol. The third-order valence-electron chi connectivity index (χ3n) is 13.1. The second kappa shape index (κ2) is 25.5. The van der Waals surface area contributed by atoms with Gasteiger partial charge in [0.25, 0.3) is 0 Å². The van der Waals surface area contributed by atoms with Gasteiger partial charge in [-0.2, -0.15) is 0 Å². The van der Waals surface area contributed by atoms with Crippen molar-refractivity contribution in [3.63, 3.8) is 0 Å². The lowest BCUT2D eigenvalue weighted by atomic mass is 9.89. The Labute approximate surface area is 393 Å². The summed E-state index contributed by atoms with van der Waals surface area (Å²) in [6, 6.07) is 16.2. The average Bonchev–Trinajstić information content (AvgIpc) is 3.99. The molecule has 1 fully saturated rings. The molecule has 9 atom stereocenters. The number of ether oxygens (including phenoxy) is 2. The number of rotatable bonds is 25. The number of anilines is 1. The van der Waals surface area contributed by atoms with Gasteiger partial charge in [0.2, 0.25) is 23.6 Å². The molecule has 1 aliphatic heterocycles. The fourth-order valence-corrected chi connectivity index (χ4v) is 10.2. The van der Waals surface area contributed by atoms with Crippen LogP contribution in [0.25, 0.3) is 0 Å². The van der Waals surface area contributed by atoms with E-state index in [2.05, 4.69) is 72.9 Å². The maximum atomic E-state index is 14.7. The third kappa shape index (κ3) is 14.6. The average molecular weight is 918 g/mol. The summed E-state index contributed by atoms with van der Waals surface area (Å²) in [6.45, 7) is 19.2. The standard InChI is InChI=1S/C51H79N7O6S/c1-14-35(8)46(57(11)51(62)44(32(2)3)55-49(61)45(33(4)5)56(10)31-38-22-24-39(25-23-38)53-34(6)7)42(63-12)30-43(59)58-27-18-21-41(58)47(64-13)36(9)48(60)54-40(50-52-26-28-65-50)29-37-19-16-15-17-20-37/h15-17,19-20,22-26,28,32-36,40-42,44-47,53H,14,18,21,27,29-31H2,1-13H3,(H,54,60)(H,55,61)/t35-,36+,40-,41-,42+,44-,45-,46-,47+/m0/s1. The number of nitrogens with zero attached hydrogens (tertiary/aromatic N) is 4. The molecule has 14 heteroatoms. The van der Waals surface area contributed by atoms with Crippen molar-refractivity contribution in [3.8, 4) is 0 Å². The van der Waals surface area contributed by atoms with E-state index < -0.39 is 36.3 Å². The Kier molecular flexibility index (Phi) is 20.9. The molecule has 360 valence electrons. The number of nitrogens with one attached hydrogen (secondary N) is 3. The molecule has 3 N–H and O–H groups in total. The molecule has 13 nitrogen and oxygen atoms in total.